The van der Waals surface area contributed by atoms with Crippen LogP contribution in [0.3, 0.4) is 0 Å². The smallest absolute Gasteiger partial charge is 0.334 e. The Morgan fingerprint density at radius 3 is 2.50 bits per heavy atom. The minimum atomic E-state index is -1.60. The molecule has 0 spiro atoms. The Balaban J connectivity index is 1.79. The second-order valence-electron chi connectivity index (χ2n) is 7.06. The number of aliphatic hydroxyl groups excluding tert-OH is 5. The van der Waals surface area contributed by atoms with Gasteiger partial charge in [-0.15, -0.1) is 0 Å². The number of rotatable bonds is 4. The SMILES string of the molecule is C[C@@H]1[C@H]2[C@H](O[C@@H]3O[C@H](CO)[C@@H](O)[C@H](O)[C@H]3O)OC=C(C(=O)O)[C@H]2C[C@@H]1O. The van der Waals surface area contributed by atoms with Crippen LogP contribution in [0.1, 0.15) is 13.3 Å². The highest BCUT2D eigenvalue weighted by Crippen LogP contribution is 2.47. The van der Waals surface area contributed by atoms with Gasteiger partial charge in [0, 0.05) is 11.8 Å². The maximum Gasteiger partial charge on any atom is 0.334 e. The molecule has 0 unspecified atom stereocenters. The molecular weight excluding hydrogens is 352 g/mol. The first-order valence-corrected chi connectivity index (χ1v) is 8.49. The number of carboxylic acids is 1. The molecule has 0 aromatic rings. The number of fused-ring (bicyclic) bond motifs is 1. The Bertz CT molecular complexity index is 563. The molecule has 3 rings (SSSR count). The highest BCUT2D eigenvalue weighted by molar-refractivity contribution is 5.87. The van der Waals surface area contributed by atoms with E-state index in [1.54, 1.807) is 6.92 Å². The van der Waals surface area contributed by atoms with Crippen molar-refractivity contribution in [3.63, 3.8) is 0 Å². The first-order chi connectivity index (χ1) is 12.3. The summed E-state index contributed by atoms with van der Waals surface area (Å²) >= 11 is 0. The first kappa shape index (κ1) is 19.5. The predicted molar refractivity (Wildman–Crippen MR) is 82.2 cm³/mol. The summed E-state index contributed by atoms with van der Waals surface area (Å²) in [6.45, 7) is 1.15. The van der Waals surface area contributed by atoms with Crippen molar-refractivity contribution >= 4 is 5.97 Å². The van der Waals surface area contributed by atoms with Crippen LogP contribution in [-0.4, -0.2) is 86.3 Å². The summed E-state index contributed by atoms with van der Waals surface area (Å²) in [7, 11) is 0. The molecule has 0 aromatic carbocycles. The van der Waals surface area contributed by atoms with Gasteiger partial charge in [0.25, 0.3) is 0 Å². The molecule has 1 saturated heterocycles. The van der Waals surface area contributed by atoms with E-state index in [0.29, 0.717) is 0 Å². The zero-order chi connectivity index (χ0) is 19.2. The Kier molecular flexibility index (Phi) is 5.54. The van der Waals surface area contributed by atoms with E-state index < -0.39 is 67.5 Å². The number of ether oxygens (including phenoxy) is 3. The maximum absolute atomic E-state index is 11.4. The second kappa shape index (κ2) is 7.39. The Labute approximate surface area is 149 Å². The van der Waals surface area contributed by atoms with E-state index in [1.165, 1.54) is 0 Å². The van der Waals surface area contributed by atoms with Crippen LogP contribution < -0.4 is 0 Å². The van der Waals surface area contributed by atoms with Gasteiger partial charge in [-0.3, -0.25) is 0 Å². The molecule has 6 N–H and O–H groups in total. The Hall–Kier alpha value is -1.27. The van der Waals surface area contributed by atoms with Crippen LogP contribution in [0.4, 0.5) is 0 Å². The molecule has 148 valence electrons. The van der Waals surface area contributed by atoms with E-state index in [2.05, 4.69) is 0 Å². The molecule has 1 aliphatic carbocycles. The molecule has 3 aliphatic rings. The van der Waals surface area contributed by atoms with Crippen LogP contribution in [0.5, 0.6) is 0 Å². The highest BCUT2D eigenvalue weighted by Gasteiger charge is 2.53. The van der Waals surface area contributed by atoms with Crippen LogP contribution in [-0.2, 0) is 19.0 Å². The lowest BCUT2D eigenvalue weighted by atomic mass is 9.83. The van der Waals surface area contributed by atoms with Crippen molar-refractivity contribution in [2.75, 3.05) is 6.61 Å². The van der Waals surface area contributed by atoms with Crippen molar-refractivity contribution in [1.29, 1.82) is 0 Å². The summed E-state index contributed by atoms with van der Waals surface area (Å²) in [4.78, 5) is 11.4. The molecule has 1 saturated carbocycles. The molecule has 2 heterocycles. The van der Waals surface area contributed by atoms with Gasteiger partial charge >= 0.3 is 5.97 Å². The van der Waals surface area contributed by atoms with Crippen molar-refractivity contribution in [1.82, 2.24) is 0 Å². The van der Waals surface area contributed by atoms with Crippen molar-refractivity contribution in [3.8, 4) is 0 Å². The summed E-state index contributed by atoms with van der Waals surface area (Å²) in [5.41, 5.74) is 0.0343. The van der Waals surface area contributed by atoms with Crippen LogP contribution in [0.15, 0.2) is 11.8 Å². The Morgan fingerprint density at radius 1 is 1.19 bits per heavy atom. The third-order valence-electron chi connectivity index (χ3n) is 5.58. The third kappa shape index (κ3) is 3.22. The second-order valence-corrected chi connectivity index (χ2v) is 7.06. The quantitative estimate of drug-likeness (QED) is 0.316. The number of aliphatic carboxylic acids is 1. The van der Waals surface area contributed by atoms with Crippen LogP contribution >= 0.6 is 0 Å². The number of carboxylic acid groups (broad SMARTS) is 1. The van der Waals surface area contributed by atoms with Gasteiger partial charge in [-0.1, -0.05) is 6.92 Å². The van der Waals surface area contributed by atoms with Crippen LogP contribution in [0.25, 0.3) is 0 Å². The van der Waals surface area contributed by atoms with Crippen molar-refractivity contribution in [2.24, 2.45) is 17.8 Å². The minimum absolute atomic E-state index is 0.0343. The zero-order valence-electron chi connectivity index (χ0n) is 14.1. The van der Waals surface area contributed by atoms with Gasteiger partial charge in [-0.25, -0.2) is 4.79 Å². The summed E-state index contributed by atoms with van der Waals surface area (Å²) in [6.07, 6.45) is -7.71. The molecule has 2 aliphatic heterocycles. The lowest BCUT2D eigenvalue weighted by molar-refractivity contribution is -0.342. The van der Waals surface area contributed by atoms with E-state index in [9.17, 15) is 35.4 Å². The zero-order valence-corrected chi connectivity index (χ0v) is 14.1. The fourth-order valence-corrected chi connectivity index (χ4v) is 3.99. The van der Waals surface area contributed by atoms with E-state index in [4.69, 9.17) is 14.2 Å². The summed E-state index contributed by atoms with van der Waals surface area (Å²) in [5.74, 6) is -2.49. The summed E-state index contributed by atoms with van der Waals surface area (Å²) in [6, 6.07) is 0. The minimum Gasteiger partial charge on any atom is -0.478 e. The van der Waals surface area contributed by atoms with Gasteiger partial charge < -0.3 is 44.8 Å². The number of carbonyl (C=O) groups is 1. The molecular formula is C16H24O10. The average Bonchev–Trinajstić information content (AvgIpc) is 2.90. The van der Waals surface area contributed by atoms with Crippen LogP contribution in [0, 0.1) is 17.8 Å². The monoisotopic (exact) mass is 376 g/mol. The fraction of sp³-hybridized carbons (Fsp3) is 0.812. The number of aliphatic hydroxyl groups is 5. The standard InChI is InChI=1S/C16H24O10/c1-5-8(18)2-6-7(14(22)23)4-24-15(10(5)6)26-16-13(21)12(20)11(19)9(3-17)25-16/h4-6,8-13,15-21H,2-3H2,1H3,(H,22,23)/t5-,6+,8-,9+,10+,11+,12-,13+,15-,16-/m0/s1. The van der Waals surface area contributed by atoms with Crippen LogP contribution in [0.2, 0.25) is 0 Å². The van der Waals surface area contributed by atoms with Crippen molar-refractivity contribution < 1.29 is 49.6 Å². The van der Waals surface area contributed by atoms with E-state index >= 15 is 0 Å². The number of hydrogen-bond donors (Lipinski definition) is 6. The lowest BCUT2D eigenvalue weighted by Gasteiger charge is -2.43. The molecule has 0 radical (unpaired) electrons. The topological polar surface area (TPSA) is 166 Å². The van der Waals surface area contributed by atoms with Gasteiger partial charge in [0.15, 0.2) is 6.29 Å². The summed E-state index contributed by atoms with van der Waals surface area (Å²) in [5, 5.41) is 58.5. The predicted octanol–water partition coefficient (Wildman–Crippen LogP) is -2.24. The van der Waals surface area contributed by atoms with Crippen molar-refractivity contribution in [2.45, 2.75) is 56.4 Å². The van der Waals surface area contributed by atoms with E-state index in [0.717, 1.165) is 6.26 Å². The normalized spacial score (nSPS) is 48.5. The third-order valence-corrected chi connectivity index (χ3v) is 5.58. The first-order valence-electron chi connectivity index (χ1n) is 8.49. The van der Waals surface area contributed by atoms with Gasteiger partial charge in [-0.2, -0.15) is 0 Å². The summed E-state index contributed by atoms with van der Waals surface area (Å²) < 4.78 is 16.3. The van der Waals surface area contributed by atoms with Gasteiger partial charge in [0.05, 0.1) is 24.5 Å². The van der Waals surface area contributed by atoms with Gasteiger partial charge in [-0.05, 0) is 12.3 Å². The number of hydrogen-bond acceptors (Lipinski definition) is 9. The maximum atomic E-state index is 11.4. The molecule has 10 nitrogen and oxygen atoms in total. The molecule has 10 heteroatoms. The average molecular weight is 376 g/mol. The van der Waals surface area contributed by atoms with E-state index in [-0.39, 0.29) is 17.9 Å². The molecule has 26 heavy (non-hydrogen) atoms. The van der Waals surface area contributed by atoms with Gasteiger partial charge in [0.1, 0.15) is 24.4 Å². The molecule has 0 amide bonds. The molecule has 0 aromatic heterocycles. The fourth-order valence-electron chi connectivity index (χ4n) is 3.99. The van der Waals surface area contributed by atoms with Crippen molar-refractivity contribution in [3.05, 3.63) is 11.8 Å². The highest BCUT2D eigenvalue weighted by atomic mass is 16.8. The van der Waals surface area contributed by atoms with Gasteiger partial charge in [0.2, 0.25) is 6.29 Å². The van der Waals surface area contributed by atoms with E-state index in [1.807, 2.05) is 0 Å². The largest absolute Gasteiger partial charge is 0.478 e. The lowest BCUT2D eigenvalue weighted by Crippen LogP contribution is -2.60. The molecule has 2 fully saturated rings. The molecule has 0 bridgehead atoms. The molecule has 10 atom stereocenters. The Morgan fingerprint density at radius 2 is 1.88 bits per heavy atom.